The number of hydrogen-bond donors (Lipinski definition) is 0. The lowest BCUT2D eigenvalue weighted by atomic mass is 10.0. The van der Waals surface area contributed by atoms with Crippen molar-refractivity contribution in [2.45, 2.75) is 32.4 Å². The third-order valence-electron chi connectivity index (χ3n) is 4.82. The van der Waals surface area contributed by atoms with Crippen molar-refractivity contribution in [2.75, 3.05) is 7.05 Å². The first-order valence-corrected chi connectivity index (χ1v) is 8.98. The van der Waals surface area contributed by atoms with Crippen LogP contribution in [0.2, 0.25) is 5.02 Å². The lowest BCUT2D eigenvalue weighted by Crippen LogP contribution is -2.18. The second-order valence-corrected chi connectivity index (χ2v) is 7.30. The molecule has 0 saturated heterocycles. The highest BCUT2D eigenvalue weighted by atomic mass is 35.5. The minimum absolute atomic E-state index is 0.281. The van der Waals surface area contributed by atoms with Gasteiger partial charge in [0.05, 0.1) is 0 Å². The normalized spacial score (nSPS) is 13.6. The maximum atomic E-state index is 12.0. The Morgan fingerprint density at radius 3 is 2.68 bits per heavy atom. The second kappa shape index (κ2) is 6.66. The van der Waals surface area contributed by atoms with Crippen LogP contribution in [0.3, 0.4) is 0 Å². The Morgan fingerprint density at radius 2 is 1.88 bits per heavy atom. The molecule has 1 aliphatic rings. The van der Waals surface area contributed by atoms with Crippen LogP contribution in [0.4, 0.5) is 0 Å². The van der Waals surface area contributed by atoms with Gasteiger partial charge in [0.15, 0.2) is 0 Å². The fraction of sp³-hybridized carbons (Fsp3) is 0.286. The topological polar surface area (TPSA) is 33.5 Å². The second-order valence-electron chi connectivity index (χ2n) is 6.86. The van der Waals surface area contributed by atoms with Crippen LogP contribution in [0.1, 0.15) is 28.7 Å². The molecule has 3 aromatic rings. The molecule has 2 aromatic carbocycles. The van der Waals surface area contributed by atoms with Gasteiger partial charge in [-0.25, -0.2) is 4.79 Å². The third kappa shape index (κ3) is 3.48. The van der Waals surface area contributed by atoms with Crippen molar-refractivity contribution in [2.24, 2.45) is 0 Å². The molecule has 4 heteroatoms. The molecule has 0 radical (unpaired) electrons. The van der Waals surface area contributed by atoms with Crippen LogP contribution in [0.5, 0.6) is 0 Å². The Kier molecular flexibility index (Phi) is 4.36. The van der Waals surface area contributed by atoms with Gasteiger partial charge in [-0.3, -0.25) is 4.90 Å². The van der Waals surface area contributed by atoms with E-state index in [4.69, 9.17) is 16.0 Å². The number of benzene rings is 2. The summed E-state index contributed by atoms with van der Waals surface area (Å²) in [4.78, 5) is 14.2. The van der Waals surface area contributed by atoms with Crippen LogP contribution < -0.4 is 5.63 Å². The fourth-order valence-corrected chi connectivity index (χ4v) is 3.93. The predicted octanol–water partition coefficient (Wildman–Crippen LogP) is 4.57. The van der Waals surface area contributed by atoms with Gasteiger partial charge in [-0.05, 0) is 72.8 Å². The zero-order valence-electron chi connectivity index (χ0n) is 14.2. The van der Waals surface area contributed by atoms with Crippen molar-refractivity contribution >= 4 is 22.6 Å². The molecule has 25 heavy (non-hydrogen) atoms. The van der Waals surface area contributed by atoms with Crippen LogP contribution in [0.15, 0.2) is 51.7 Å². The van der Waals surface area contributed by atoms with E-state index in [1.165, 1.54) is 17.5 Å². The standard InChI is InChI=1S/C21H20ClNO2/c1-23(12-14-4-2-7-18(22)8-14)13-17-11-21(24)25-20-10-16-6-3-5-15(16)9-19(17)20/h2,4,7-11H,3,5-6,12-13H2,1H3. The first kappa shape index (κ1) is 16.4. The van der Waals surface area contributed by atoms with Crippen molar-refractivity contribution in [1.29, 1.82) is 0 Å². The van der Waals surface area contributed by atoms with Crippen molar-refractivity contribution in [3.05, 3.63) is 80.2 Å². The van der Waals surface area contributed by atoms with Crippen LogP contribution in [-0.4, -0.2) is 11.9 Å². The summed E-state index contributed by atoms with van der Waals surface area (Å²) >= 11 is 6.07. The molecule has 1 aliphatic carbocycles. The molecular weight excluding hydrogens is 334 g/mol. The Labute approximate surface area is 151 Å². The van der Waals surface area contributed by atoms with E-state index in [1.54, 1.807) is 6.07 Å². The lowest BCUT2D eigenvalue weighted by molar-refractivity contribution is 0.319. The zero-order valence-corrected chi connectivity index (χ0v) is 15.0. The van der Waals surface area contributed by atoms with Crippen LogP contribution >= 0.6 is 11.6 Å². The Bertz CT molecular complexity index is 993. The Balaban J connectivity index is 1.65. The molecule has 0 bridgehead atoms. The van der Waals surface area contributed by atoms with Crippen LogP contribution in [-0.2, 0) is 25.9 Å². The average molecular weight is 354 g/mol. The molecule has 0 fully saturated rings. The number of aryl methyl sites for hydroxylation is 2. The molecule has 128 valence electrons. The van der Waals surface area contributed by atoms with Crippen molar-refractivity contribution in [1.82, 2.24) is 4.90 Å². The zero-order chi connectivity index (χ0) is 17.4. The summed E-state index contributed by atoms with van der Waals surface area (Å²) in [7, 11) is 2.05. The lowest BCUT2D eigenvalue weighted by Gasteiger charge is -2.18. The first-order chi connectivity index (χ1) is 12.1. The monoisotopic (exact) mass is 353 g/mol. The predicted molar refractivity (Wildman–Crippen MR) is 101 cm³/mol. The molecule has 0 spiro atoms. The van der Waals surface area contributed by atoms with Gasteiger partial charge in [0.2, 0.25) is 0 Å². The van der Waals surface area contributed by atoms with E-state index in [-0.39, 0.29) is 5.63 Å². The van der Waals surface area contributed by atoms with E-state index in [2.05, 4.69) is 30.1 Å². The average Bonchev–Trinajstić information content (AvgIpc) is 3.00. The molecule has 0 N–H and O–H groups in total. The number of hydrogen-bond acceptors (Lipinski definition) is 3. The van der Waals surface area contributed by atoms with Crippen molar-refractivity contribution in [3.8, 4) is 0 Å². The quantitative estimate of drug-likeness (QED) is 0.644. The summed E-state index contributed by atoms with van der Waals surface area (Å²) in [5, 5.41) is 1.80. The van der Waals surface area contributed by atoms with Gasteiger partial charge in [0.1, 0.15) is 5.58 Å². The molecular formula is C21H20ClNO2. The number of fused-ring (bicyclic) bond motifs is 2. The van der Waals surface area contributed by atoms with E-state index in [9.17, 15) is 4.79 Å². The minimum Gasteiger partial charge on any atom is -0.423 e. The highest BCUT2D eigenvalue weighted by Crippen LogP contribution is 2.29. The largest absolute Gasteiger partial charge is 0.423 e. The van der Waals surface area contributed by atoms with Gasteiger partial charge >= 0.3 is 5.63 Å². The SMILES string of the molecule is CN(Cc1cccc(Cl)c1)Cc1cc(=O)oc2cc3c(cc12)CCC3. The Hall–Kier alpha value is -2.10. The number of nitrogens with zero attached hydrogens (tertiary/aromatic N) is 1. The minimum atomic E-state index is -0.281. The summed E-state index contributed by atoms with van der Waals surface area (Å²) in [5.41, 5.74) is 5.31. The molecule has 0 saturated carbocycles. The summed E-state index contributed by atoms with van der Waals surface area (Å²) in [6, 6.07) is 13.8. The third-order valence-corrected chi connectivity index (χ3v) is 5.06. The Morgan fingerprint density at radius 1 is 1.08 bits per heavy atom. The van der Waals surface area contributed by atoms with E-state index >= 15 is 0 Å². The molecule has 3 nitrogen and oxygen atoms in total. The molecule has 4 rings (SSSR count). The van der Waals surface area contributed by atoms with E-state index in [1.807, 2.05) is 18.2 Å². The summed E-state index contributed by atoms with van der Waals surface area (Å²) in [6.45, 7) is 1.46. The van der Waals surface area contributed by atoms with E-state index < -0.39 is 0 Å². The summed E-state index contributed by atoms with van der Waals surface area (Å²) < 4.78 is 5.45. The summed E-state index contributed by atoms with van der Waals surface area (Å²) in [6.07, 6.45) is 3.37. The molecule has 0 aliphatic heterocycles. The number of halogens is 1. The van der Waals surface area contributed by atoms with Gasteiger partial charge in [-0.2, -0.15) is 0 Å². The first-order valence-electron chi connectivity index (χ1n) is 8.60. The van der Waals surface area contributed by atoms with Gasteiger partial charge in [0, 0.05) is 29.6 Å². The van der Waals surface area contributed by atoms with Gasteiger partial charge in [-0.15, -0.1) is 0 Å². The van der Waals surface area contributed by atoms with E-state index in [0.29, 0.717) is 12.1 Å². The molecule has 0 unspecified atom stereocenters. The molecule has 1 heterocycles. The van der Waals surface area contributed by atoms with Crippen LogP contribution in [0.25, 0.3) is 11.0 Å². The van der Waals surface area contributed by atoms with Gasteiger partial charge in [-0.1, -0.05) is 23.7 Å². The molecule has 0 amide bonds. The smallest absolute Gasteiger partial charge is 0.336 e. The van der Waals surface area contributed by atoms with E-state index in [0.717, 1.165) is 40.9 Å². The fourth-order valence-electron chi connectivity index (χ4n) is 3.72. The number of rotatable bonds is 4. The van der Waals surface area contributed by atoms with Crippen molar-refractivity contribution < 1.29 is 4.42 Å². The highest BCUT2D eigenvalue weighted by Gasteiger charge is 2.16. The van der Waals surface area contributed by atoms with Crippen LogP contribution in [0, 0.1) is 0 Å². The molecule has 1 aromatic heterocycles. The maximum Gasteiger partial charge on any atom is 0.336 e. The molecule has 0 atom stereocenters. The highest BCUT2D eigenvalue weighted by molar-refractivity contribution is 6.30. The summed E-state index contributed by atoms with van der Waals surface area (Å²) in [5.74, 6) is 0. The van der Waals surface area contributed by atoms with Crippen molar-refractivity contribution in [3.63, 3.8) is 0 Å². The van der Waals surface area contributed by atoms with Gasteiger partial charge in [0.25, 0.3) is 0 Å². The maximum absolute atomic E-state index is 12.0. The van der Waals surface area contributed by atoms with Gasteiger partial charge < -0.3 is 4.42 Å².